The molecule has 2 rings (SSSR count). The zero-order chi connectivity index (χ0) is 29.8. The van der Waals surface area contributed by atoms with Crippen LogP contribution in [0.4, 0.5) is 17.6 Å². The first kappa shape index (κ1) is 33.2. The maximum atomic E-state index is 14.9. The van der Waals surface area contributed by atoms with Gasteiger partial charge in [-0.25, -0.2) is 13.3 Å². The molecule has 218 valence electrons. The van der Waals surface area contributed by atoms with Gasteiger partial charge in [-0.3, -0.25) is 0 Å². The Hall–Kier alpha value is -3.05. The second-order valence-corrected chi connectivity index (χ2v) is 10.5. The Labute approximate surface area is 236 Å². The summed E-state index contributed by atoms with van der Waals surface area (Å²) in [4.78, 5) is 0. The molecule has 8 heteroatoms. The lowest BCUT2D eigenvalue weighted by atomic mass is 9.88. The molecule has 0 amide bonds. The zero-order valence-electron chi connectivity index (χ0n) is 24.0. The molecule has 0 aliphatic carbocycles. The van der Waals surface area contributed by atoms with E-state index in [1.807, 2.05) is 41.5 Å². The van der Waals surface area contributed by atoms with Crippen molar-refractivity contribution in [2.75, 3.05) is 0 Å². The third kappa shape index (κ3) is 9.55. The van der Waals surface area contributed by atoms with E-state index >= 15 is 0 Å². The first-order valence-electron chi connectivity index (χ1n) is 13.6. The van der Waals surface area contributed by atoms with Crippen molar-refractivity contribution in [1.29, 1.82) is 0 Å². The molecule has 0 heterocycles. The fourth-order valence-electron chi connectivity index (χ4n) is 4.82. The van der Waals surface area contributed by atoms with Crippen molar-refractivity contribution in [3.8, 4) is 0 Å². The molecule has 0 saturated carbocycles. The minimum Gasteiger partial charge on any atom is -0.391 e. The highest BCUT2D eigenvalue weighted by atomic mass is 31.1. The molecule has 0 bridgehead atoms. The van der Waals surface area contributed by atoms with E-state index in [1.54, 1.807) is 0 Å². The molecular weight excluding hydrogens is 539 g/mol. The molecule has 3 nitrogen and oxygen atoms in total. The van der Waals surface area contributed by atoms with Crippen molar-refractivity contribution in [3.05, 3.63) is 107 Å². The Bertz CT molecular complexity index is 1160. The lowest BCUT2D eigenvalue weighted by molar-refractivity contribution is 0.228. The highest BCUT2D eigenvalue weighted by molar-refractivity contribution is 7.33. The number of allylic oxidation sites excluding steroid dienone is 6. The number of benzene rings is 2. The lowest BCUT2D eigenvalue weighted by Gasteiger charge is -2.18. The van der Waals surface area contributed by atoms with Gasteiger partial charge in [-0.05, 0) is 97.9 Å². The Kier molecular flexibility index (Phi) is 13.5. The van der Waals surface area contributed by atoms with Gasteiger partial charge in [-0.15, -0.1) is 0 Å². The van der Waals surface area contributed by atoms with Crippen LogP contribution in [-0.4, -0.2) is 0 Å². The summed E-state index contributed by atoms with van der Waals surface area (Å²) in [5.74, 6) is -0.600. The van der Waals surface area contributed by atoms with Crippen molar-refractivity contribution in [1.82, 2.24) is 0 Å². The zero-order valence-corrected chi connectivity index (χ0v) is 25.0. The molecule has 0 aliphatic rings. The summed E-state index contributed by atoms with van der Waals surface area (Å²) in [6.07, 6.45) is 5.35. The van der Waals surface area contributed by atoms with Gasteiger partial charge in [0.05, 0.1) is 0 Å². The van der Waals surface area contributed by atoms with E-state index in [-0.39, 0.29) is 11.8 Å². The lowest BCUT2D eigenvalue weighted by Crippen LogP contribution is -2.02. The van der Waals surface area contributed by atoms with Crippen LogP contribution in [0.1, 0.15) is 78.4 Å². The maximum absolute atomic E-state index is 14.9. The minimum absolute atomic E-state index is 0.132. The van der Waals surface area contributed by atoms with Crippen LogP contribution < -0.4 is 0 Å². The standard InChI is InChI=1S/C32H39F4O3P/c1-7-23(8-2)21(5)29(25-11-15-27(33)16-12-25)19-31(35)38-40(37)39-32(36)20-30(22(6)24(9-3)10-4)26-13-17-28(34)18-14-26/h11-20,23-24,40H,7-10H2,1-6H3/b29-21+,30-22+,31-19-,32-20-. The predicted octanol–water partition coefficient (Wildman–Crippen LogP) is 11.1. The summed E-state index contributed by atoms with van der Waals surface area (Å²) in [5, 5.41) is 0. The second kappa shape index (κ2) is 16.3. The molecule has 0 aromatic heterocycles. The van der Waals surface area contributed by atoms with Gasteiger partial charge < -0.3 is 9.05 Å². The van der Waals surface area contributed by atoms with Gasteiger partial charge in [0.15, 0.2) is 0 Å². The predicted molar refractivity (Wildman–Crippen MR) is 156 cm³/mol. The van der Waals surface area contributed by atoms with E-state index in [0.717, 1.165) is 49.0 Å². The van der Waals surface area contributed by atoms with Gasteiger partial charge in [0, 0.05) is 12.2 Å². The molecule has 0 radical (unpaired) electrons. The van der Waals surface area contributed by atoms with Gasteiger partial charge in [0.25, 0.3) is 12.0 Å². The van der Waals surface area contributed by atoms with E-state index in [0.29, 0.717) is 22.3 Å². The van der Waals surface area contributed by atoms with Crippen molar-refractivity contribution >= 4 is 19.4 Å². The minimum atomic E-state index is -3.67. The van der Waals surface area contributed by atoms with Crippen LogP contribution in [-0.2, 0) is 13.6 Å². The Balaban J connectivity index is 2.35. The highest BCUT2D eigenvalue weighted by Crippen LogP contribution is 2.37. The first-order chi connectivity index (χ1) is 19.0. The van der Waals surface area contributed by atoms with Crippen LogP contribution in [0.2, 0.25) is 0 Å². The van der Waals surface area contributed by atoms with E-state index < -0.39 is 31.9 Å². The molecule has 0 unspecified atom stereocenters. The van der Waals surface area contributed by atoms with Crippen molar-refractivity contribution < 1.29 is 31.2 Å². The highest BCUT2D eigenvalue weighted by Gasteiger charge is 2.17. The topological polar surface area (TPSA) is 35.5 Å². The maximum Gasteiger partial charge on any atom is 0.422 e. The normalized spacial score (nSPS) is 14.7. The van der Waals surface area contributed by atoms with Crippen LogP contribution in [0, 0.1) is 23.5 Å². The summed E-state index contributed by atoms with van der Waals surface area (Å²) < 4.78 is 79.0. The quantitative estimate of drug-likeness (QED) is 0.0968. The Morgan fingerprint density at radius 1 is 0.675 bits per heavy atom. The average molecular weight is 579 g/mol. The Morgan fingerprint density at radius 2 is 0.975 bits per heavy atom. The second-order valence-electron chi connectivity index (χ2n) is 9.59. The van der Waals surface area contributed by atoms with Crippen LogP contribution in [0.25, 0.3) is 11.1 Å². The fourth-order valence-corrected chi connectivity index (χ4v) is 5.29. The van der Waals surface area contributed by atoms with E-state index in [2.05, 4.69) is 0 Å². The molecule has 0 saturated heterocycles. The molecule has 0 atom stereocenters. The fraction of sp³-hybridized carbons (Fsp3) is 0.375. The monoisotopic (exact) mass is 578 g/mol. The third-order valence-corrected chi connectivity index (χ3v) is 7.96. The molecule has 0 fully saturated rings. The summed E-state index contributed by atoms with van der Waals surface area (Å²) in [5.41, 5.74) is 3.74. The van der Waals surface area contributed by atoms with Crippen LogP contribution >= 0.6 is 8.25 Å². The van der Waals surface area contributed by atoms with Crippen LogP contribution in [0.3, 0.4) is 0 Å². The average Bonchev–Trinajstić information content (AvgIpc) is 2.92. The van der Waals surface area contributed by atoms with Crippen molar-refractivity contribution in [2.45, 2.75) is 67.2 Å². The molecule has 0 N–H and O–H groups in total. The van der Waals surface area contributed by atoms with Gasteiger partial charge in [-0.2, -0.15) is 8.78 Å². The third-order valence-electron chi connectivity index (χ3n) is 7.23. The summed E-state index contributed by atoms with van der Waals surface area (Å²) in [7, 11) is -3.67. The molecular formula is C32H39F4O3P. The number of hydrogen-bond donors (Lipinski definition) is 0. The SMILES string of the molecule is CCC(CC)/C(C)=C(\C=C(\F)O[PH](=O)O/C(F)=C\C(=C(\C)C(CC)CC)c1ccc(F)cc1)c1ccc(F)cc1. The molecule has 2 aromatic carbocycles. The van der Waals surface area contributed by atoms with Gasteiger partial charge in [0.2, 0.25) is 0 Å². The van der Waals surface area contributed by atoms with Crippen molar-refractivity contribution in [3.63, 3.8) is 0 Å². The number of rotatable bonds is 14. The largest absolute Gasteiger partial charge is 0.422 e. The van der Waals surface area contributed by atoms with Gasteiger partial charge in [0.1, 0.15) is 11.6 Å². The Morgan fingerprint density at radius 3 is 1.25 bits per heavy atom. The van der Waals surface area contributed by atoms with Gasteiger partial charge in [-0.1, -0.05) is 63.1 Å². The van der Waals surface area contributed by atoms with Crippen LogP contribution in [0.15, 0.2) is 83.9 Å². The first-order valence-corrected chi connectivity index (χ1v) is 14.8. The smallest absolute Gasteiger partial charge is 0.391 e. The van der Waals surface area contributed by atoms with Crippen LogP contribution in [0.5, 0.6) is 0 Å². The summed E-state index contributed by atoms with van der Waals surface area (Å²) >= 11 is 0. The molecule has 2 aromatic rings. The van der Waals surface area contributed by atoms with E-state index in [9.17, 15) is 22.1 Å². The molecule has 40 heavy (non-hydrogen) atoms. The van der Waals surface area contributed by atoms with Crippen molar-refractivity contribution in [2.24, 2.45) is 11.8 Å². The summed E-state index contributed by atoms with van der Waals surface area (Å²) in [6.45, 7) is 11.8. The summed E-state index contributed by atoms with van der Waals surface area (Å²) in [6, 6.07) is 8.72. The van der Waals surface area contributed by atoms with E-state index in [4.69, 9.17) is 9.05 Å². The molecule has 0 aliphatic heterocycles. The molecule has 0 spiro atoms. The number of halogens is 4. The number of hydrogen-bond acceptors (Lipinski definition) is 3. The van der Waals surface area contributed by atoms with E-state index in [1.165, 1.54) is 48.5 Å². The van der Waals surface area contributed by atoms with Gasteiger partial charge >= 0.3 is 8.25 Å².